The summed E-state index contributed by atoms with van der Waals surface area (Å²) in [5.41, 5.74) is 6.39. The van der Waals surface area contributed by atoms with Gasteiger partial charge in [0, 0.05) is 11.4 Å². The fourth-order valence-electron chi connectivity index (χ4n) is 2.66. The van der Waals surface area contributed by atoms with Crippen molar-refractivity contribution in [2.75, 3.05) is 5.75 Å². The monoisotopic (exact) mass is 322 g/mol. The molecule has 0 spiro atoms. The highest BCUT2D eigenvalue weighted by molar-refractivity contribution is 7.95. The molecule has 0 saturated heterocycles. The van der Waals surface area contributed by atoms with Crippen molar-refractivity contribution in [3.63, 3.8) is 0 Å². The van der Waals surface area contributed by atoms with Gasteiger partial charge in [-0.3, -0.25) is 0 Å². The van der Waals surface area contributed by atoms with Crippen molar-refractivity contribution in [3.05, 3.63) is 57.0 Å². The van der Waals surface area contributed by atoms with E-state index in [2.05, 4.69) is 0 Å². The number of sulfone groups is 1. The SMILES string of the molecule is N#CC1=C(N)OC2=C(C1c1ccccc1Cl)S(=O)(=O)CC2. The molecule has 3 rings (SSSR count). The molecule has 0 aromatic heterocycles. The molecule has 0 aliphatic carbocycles. The second kappa shape index (κ2) is 4.79. The summed E-state index contributed by atoms with van der Waals surface area (Å²) in [6, 6.07) is 8.78. The number of rotatable bonds is 1. The van der Waals surface area contributed by atoms with Crippen molar-refractivity contribution in [2.24, 2.45) is 5.73 Å². The number of ether oxygens (including phenoxy) is 1. The van der Waals surface area contributed by atoms with E-state index in [0.717, 1.165) is 0 Å². The molecular formula is C14H11ClN2O3S. The third kappa shape index (κ3) is 2.09. The van der Waals surface area contributed by atoms with Gasteiger partial charge in [0.15, 0.2) is 9.84 Å². The van der Waals surface area contributed by atoms with E-state index >= 15 is 0 Å². The van der Waals surface area contributed by atoms with Crippen LogP contribution in [0.3, 0.4) is 0 Å². The molecule has 0 bridgehead atoms. The summed E-state index contributed by atoms with van der Waals surface area (Å²) in [7, 11) is -3.47. The largest absolute Gasteiger partial charge is 0.444 e. The molecule has 1 aromatic rings. The van der Waals surface area contributed by atoms with Crippen LogP contribution in [0.1, 0.15) is 17.9 Å². The Morgan fingerprint density at radius 3 is 2.76 bits per heavy atom. The summed E-state index contributed by atoms with van der Waals surface area (Å²) >= 11 is 6.18. The van der Waals surface area contributed by atoms with Crippen molar-refractivity contribution < 1.29 is 13.2 Å². The van der Waals surface area contributed by atoms with Crippen LogP contribution in [0.5, 0.6) is 0 Å². The number of allylic oxidation sites excluding steroid dienone is 3. The molecule has 0 radical (unpaired) electrons. The van der Waals surface area contributed by atoms with Gasteiger partial charge in [-0.25, -0.2) is 8.42 Å². The van der Waals surface area contributed by atoms with Crippen molar-refractivity contribution in [1.82, 2.24) is 0 Å². The summed E-state index contributed by atoms with van der Waals surface area (Å²) in [5, 5.41) is 9.73. The molecular weight excluding hydrogens is 312 g/mol. The zero-order chi connectivity index (χ0) is 15.2. The smallest absolute Gasteiger partial charge is 0.205 e. The molecule has 1 atom stereocenters. The number of hydrogen-bond acceptors (Lipinski definition) is 5. The predicted molar refractivity (Wildman–Crippen MR) is 77.5 cm³/mol. The third-order valence-electron chi connectivity index (χ3n) is 3.59. The molecule has 2 N–H and O–H groups in total. The molecule has 2 heterocycles. The lowest BCUT2D eigenvalue weighted by atomic mass is 9.89. The van der Waals surface area contributed by atoms with E-state index in [4.69, 9.17) is 22.1 Å². The van der Waals surface area contributed by atoms with E-state index in [-0.39, 0.29) is 28.5 Å². The zero-order valence-corrected chi connectivity index (χ0v) is 12.4. The summed E-state index contributed by atoms with van der Waals surface area (Å²) < 4.78 is 29.9. The first-order valence-electron chi connectivity index (χ1n) is 6.23. The van der Waals surface area contributed by atoms with Crippen LogP contribution in [0.25, 0.3) is 0 Å². The highest BCUT2D eigenvalue weighted by Crippen LogP contribution is 2.47. The number of nitrogens with two attached hydrogens (primary N) is 1. The number of hydrogen-bond donors (Lipinski definition) is 1. The Morgan fingerprint density at radius 2 is 2.10 bits per heavy atom. The van der Waals surface area contributed by atoms with Gasteiger partial charge in [-0.1, -0.05) is 29.8 Å². The van der Waals surface area contributed by atoms with Crippen LogP contribution in [-0.4, -0.2) is 14.2 Å². The minimum Gasteiger partial charge on any atom is -0.444 e. The number of benzene rings is 1. The summed E-state index contributed by atoms with van der Waals surface area (Å²) in [6.45, 7) is 0. The first-order valence-corrected chi connectivity index (χ1v) is 8.26. The van der Waals surface area contributed by atoms with E-state index in [0.29, 0.717) is 16.3 Å². The maximum Gasteiger partial charge on any atom is 0.205 e. The van der Waals surface area contributed by atoms with E-state index in [9.17, 15) is 13.7 Å². The first kappa shape index (κ1) is 14.0. The van der Waals surface area contributed by atoms with Crippen LogP contribution in [0.2, 0.25) is 5.02 Å². The lowest BCUT2D eigenvalue weighted by Gasteiger charge is -2.25. The Labute approximate surface area is 127 Å². The van der Waals surface area contributed by atoms with Gasteiger partial charge in [0.05, 0.1) is 16.6 Å². The van der Waals surface area contributed by atoms with Gasteiger partial charge in [-0.05, 0) is 11.6 Å². The highest BCUT2D eigenvalue weighted by atomic mass is 35.5. The molecule has 5 nitrogen and oxygen atoms in total. The fourth-order valence-corrected chi connectivity index (χ4v) is 4.68. The Balaban J connectivity index is 2.29. The fraction of sp³-hybridized carbons (Fsp3) is 0.214. The average molecular weight is 323 g/mol. The molecule has 1 unspecified atom stereocenters. The molecule has 108 valence electrons. The van der Waals surface area contributed by atoms with Gasteiger partial charge in [-0.15, -0.1) is 0 Å². The van der Waals surface area contributed by atoms with Crippen LogP contribution < -0.4 is 5.73 Å². The zero-order valence-electron chi connectivity index (χ0n) is 10.8. The normalized spacial score (nSPS) is 23.5. The predicted octanol–water partition coefficient (Wildman–Crippen LogP) is 2.18. The highest BCUT2D eigenvalue weighted by Gasteiger charge is 2.44. The van der Waals surface area contributed by atoms with Crippen LogP contribution in [0, 0.1) is 11.3 Å². The summed E-state index contributed by atoms with van der Waals surface area (Å²) in [6.07, 6.45) is 0.262. The Morgan fingerprint density at radius 1 is 1.38 bits per heavy atom. The molecule has 0 saturated carbocycles. The third-order valence-corrected chi connectivity index (χ3v) is 5.81. The van der Waals surface area contributed by atoms with Crippen LogP contribution in [0.4, 0.5) is 0 Å². The van der Waals surface area contributed by atoms with Crippen molar-refractivity contribution in [1.29, 1.82) is 5.26 Å². The van der Waals surface area contributed by atoms with E-state index < -0.39 is 15.8 Å². The molecule has 7 heteroatoms. The lowest BCUT2D eigenvalue weighted by molar-refractivity contribution is 0.276. The van der Waals surface area contributed by atoms with Gasteiger partial charge >= 0.3 is 0 Å². The first-order chi connectivity index (χ1) is 9.95. The Kier molecular flexibility index (Phi) is 3.19. The molecule has 21 heavy (non-hydrogen) atoms. The van der Waals surface area contributed by atoms with Crippen molar-refractivity contribution >= 4 is 21.4 Å². The minimum absolute atomic E-state index is 0.0371. The topological polar surface area (TPSA) is 93.2 Å². The summed E-state index contributed by atoms with van der Waals surface area (Å²) in [5.74, 6) is -0.570. The Hall–Kier alpha value is -1.97. The molecule has 1 aromatic carbocycles. The van der Waals surface area contributed by atoms with Gasteiger partial charge in [0.1, 0.15) is 17.4 Å². The maximum absolute atomic E-state index is 12.3. The molecule has 2 aliphatic rings. The van der Waals surface area contributed by atoms with Gasteiger partial charge in [-0.2, -0.15) is 5.26 Å². The van der Waals surface area contributed by atoms with Crippen LogP contribution in [-0.2, 0) is 14.6 Å². The minimum atomic E-state index is -3.47. The number of nitrogens with zero attached hydrogens (tertiary/aromatic N) is 1. The van der Waals surface area contributed by atoms with E-state index in [1.807, 2.05) is 6.07 Å². The van der Waals surface area contributed by atoms with Gasteiger partial charge < -0.3 is 10.5 Å². The number of nitriles is 1. The molecule has 0 amide bonds. The quantitative estimate of drug-likeness (QED) is 0.855. The lowest BCUT2D eigenvalue weighted by Crippen LogP contribution is -2.22. The van der Waals surface area contributed by atoms with E-state index in [1.54, 1.807) is 24.3 Å². The number of halogens is 1. The van der Waals surface area contributed by atoms with Crippen molar-refractivity contribution in [2.45, 2.75) is 12.3 Å². The summed E-state index contributed by atoms with van der Waals surface area (Å²) in [4.78, 5) is 0.112. The maximum atomic E-state index is 12.3. The van der Waals surface area contributed by atoms with E-state index in [1.165, 1.54) is 0 Å². The second-order valence-electron chi connectivity index (χ2n) is 4.80. The van der Waals surface area contributed by atoms with Gasteiger partial charge in [0.2, 0.25) is 5.88 Å². The molecule has 2 aliphatic heterocycles. The second-order valence-corrected chi connectivity index (χ2v) is 7.29. The standard InChI is InChI=1S/C14H11ClN2O3S/c15-10-4-2-1-3-8(10)12-9(7-16)14(17)20-11-5-6-21(18,19)13(11)12/h1-4,12H,5-6,17H2. The average Bonchev–Trinajstić information content (AvgIpc) is 2.73. The Bertz CT molecular complexity index is 834. The van der Waals surface area contributed by atoms with Crippen LogP contribution in [0.15, 0.2) is 46.4 Å². The van der Waals surface area contributed by atoms with Crippen LogP contribution >= 0.6 is 11.6 Å². The molecule has 0 fully saturated rings. The van der Waals surface area contributed by atoms with Gasteiger partial charge in [0.25, 0.3) is 0 Å². The van der Waals surface area contributed by atoms with Crippen molar-refractivity contribution in [3.8, 4) is 6.07 Å².